The van der Waals surface area contributed by atoms with Gasteiger partial charge < -0.3 is 4.74 Å². The molecule has 0 bridgehead atoms. The molecule has 0 atom stereocenters. The Labute approximate surface area is 105 Å². The second-order valence-corrected chi connectivity index (χ2v) is 4.46. The van der Waals surface area contributed by atoms with E-state index in [4.69, 9.17) is 4.74 Å². The highest BCUT2D eigenvalue weighted by Gasteiger charge is 2.29. The summed E-state index contributed by atoms with van der Waals surface area (Å²) in [6, 6.07) is 3.60. The summed E-state index contributed by atoms with van der Waals surface area (Å²) in [4.78, 5) is 1.26. The van der Waals surface area contributed by atoms with E-state index >= 15 is 0 Å². The highest BCUT2D eigenvalue weighted by Crippen LogP contribution is 2.25. The molecule has 5 heteroatoms. The van der Waals surface area contributed by atoms with E-state index in [0.29, 0.717) is 0 Å². The van der Waals surface area contributed by atoms with E-state index in [1.807, 2.05) is 19.9 Å². The van der Waals surface area contributed by atoms with Crippen molar-refractivity contribution in [1.82, 2.24) is 4.90 Å². The summed E-state index contributed by atoms with van der Waals surface area (Å²) in [6.07, 6.45) is -4.16. The third-order valence-electron chi connectivity index (χ3n) is 2.96. The molecule has 0 spiro atoms. The number of nitrogens with zero attached hydrogens (tertiary/aromatic N) is 1. The number of methoxy groups -OCH3 is 1. The number of ether oxygens (including phenoxy) is 1. The lowest BCUT2D eigenvalue weighted by atomic mass is 10.0. The van der Waals surface area contributed by atoms with Gasteiger partial charge in [-0.1, -0.05) is 6.07 Å². The van der Waals surface area contributed by atoms with Crippen LogP contribution in [0.4, 0.5) is 13.2 Å². The highest BCUT2D eigenvalue weighted by molar-refractivity contribution is 5.43. The number of hydrogen-bond acceptors (Lipinski definition) is 2. The molecule has 0 aliphatic heterocycles. The van der Waals surface area contributed by atoms with Gasteiger partial charge in [0.1, 0.15) is 5.75 Å². The molecule has 1 aromatic carbocycles. The summed E-state index contributed by atoms with van der Waals surface area (Å²) in [7, 11) is 3.05. The fourth-order valence-electron chi connectivity index (χ4n) is 1.90. The summed E-state index contributed by atoms with van der Waals surface area (Å²) in [5.41, 5.74) is 2.83. The van der Waals surface area contributed by atoms with Crippen molar-refractivity contribution in [2.75, 3.05) is 20.7 Å². The van der Waals surface area contributed by atoms with Crippen molar-refractivity contribution in [1.29, 1.82) is 0 Å². The first-order valence-corrected chi connectivity index (χ1v) is 5.63. The Morgan fingerprint density at radius 2 is 1.78 bits per heavy atom. The van der Waals surface area contributed by atoms with Gasteiger partial charge in [-0.05, 0) is 43.7 Å². The lowest BCUT2D eigenvalue weighted by Crippen LogP contribution is -2.30. The average Bonchev–Trinajstić information content (AvgIpc) is 2.22. The van der Waals surface area contributed by atoms with Crippen molar-refractivity contribution in [3.63, 3.8) is 0 Å². The number of benzene rings is 1. The van der Waals surface area contributed by atoms with Crippen molar-refractivity contribution in [3.8, 4) is 5.75 Å². The first-order chi connectivity index (χ1) is 8.24. The Balaban J connectivity index is 2.83. The largest absolute Gasteiger partial charge is 0.496 e. The minimum Gasteiger partial charge on any atom is -0.496 e. The van der Waals surface area contributed by atoms with Crippen LogP contribution in [0.3, 0.4) is 0 Å². The predicted octanol–water partition coefficient (Wildman–Crippen LogP) is 3.31. The quantitative estimate of drug-likeness (QED) is 0.824. The highest BCUT2D eigenvalue weighted by atomic mass is 19.4. The second kappa shape index (κ2) is 5.61. The molecule has 102 valence electrons. The van der Waals surface area contributed by atoms with Gasteiger partial charge in [-0.25, -0.2) is 0 Å². The standard InChI is InChI=1S/C13H18F3NO/c1-9-10(2)12(18-4)6-5-11(9)7-17(3)8-13(14,15)16/h5-6H,7-8H2,1-4H3. The molecular formula is C13H18F3NO. The molecule has 0 saturated heterocycles. The molecule has 0 N–H and O–H groups in total. The topological polar surface area (TPSA) is 12.5 Å². The maximum atomic E-state index is 12.2. The van der Waals surface area contributed by atoms with Crippen LogP contribution in [0, 0.1) is 13.8 Å². The molecule has 0 radical (unpaired) electrons. The third-order valence-corrected chi connectivity index (χ3v) is 2.96. The summed E-state index contributed by atoms with van der Waals surface area (Å²) in [5.74, 6) is 0.759. The molecule has 2 nitrogen and oxygen atoms in total. The SMILES string of the molecule is COc1ccc(CN(C)CC(F)(F)F)c(C)c1C. The van der Waals surface area contributed by atoms with Crippen LogP contribution in [-0.2, 0) is 6.54 Å². The van der Waals surface area contributed by atoms with Gasteiger partial charge in [-0.2, -0.15) is 13.2 Å². The van der Waals surface area contributed by atoms with Crippen LogP contribution in [0.5, 0.6) is 5.75 Å². The molecule has 0 unspecified atom stereocenters. The first-order valence-electron chi connectivity index (χ1n) is 5.63. The van der Waals surface area contributed by atoms with Crippen LogP contribution in [0.2, 0.25) is 0 Å². The maximum Gasteiger partial charge on any atom is 0.401 e. The van der Waals surface area contributed by atoms with Gasteiger partial charge in [0.05, 0.1) is 13.7 Å². The average molecular weight is 261 g/mol. The van der Waals surface area contributed by atoms with Crippen molar-refractivity contribution in [3.05, 3.63) is 28.8 Å². The molecule has 18 heavy (non-hydrogen) atoms. The minimum atomic E-state index is -4.16. The first kappa shape index (κ1) is 14.8. The fraction of sp³-hybridized carbons (Fsp3) is 0.538. The van der Waals surface area contributed by atoms with Crippen molar-refractivity contribution in [2.24, 2.45) is 0 Å². The predicted molar refractivity (Wildman–Crippen MR) is 64.9 cm³/mol. The molecule has 0 saturated carbocycles. The minimum absolute atomic E-state index is 0.274. The van der Waals surface area contributed by atoms with E-state index in [9.17, 15) is 13.2 Å². The Kier molecular flexibility index (Phi) is 4.62. The number of hydrogen-bond donors (Lipinski definition) is 0. The van der Waals surface area contributed by atoms with Crippen LogP contribution in [0.25, 0.3) is 0 Å². The van der Waals surface area contributed by atoms with E-state index in [1.54, 1.807) is 13.2 Å². The van der Waals surface area contributed by atoms with E-state index in [2.05, 4.69) is 0 Å². The van der Waals surface area contributed by atoms with Crippen molar-refractivity contribution >= 4 is 0 Å². The molecule has 0 aliphatic carbocycles. The number of halogens is 3. The summed E-state index contributed by atoms with van der Waals surface area (Å²) in [5, 5.41) is 0. The number of rotatable bonds is 4. The van der Waals surface area contributed by atoms with E-state index in [1.165, 1.54) is 11.9 Å². The van der Waals surface area contributed by atoms with Crippen LogP contribution in [0.15, 0.2) is 12.1 Å². The number of alkyl halides is 3. The van der Waals surface area contributed by atoms with E-state index < -0.39 is 12.7 Å². The van der Waals surface area contributed by atoms with Crippen molar-refractivity contribution < 1.29 is 17.9 Å². The van der Waals surface area contributed by atoms with Gasteiger partial charge in [0, 0.05) is 6.54 Å². The molecule has 0 aliphatic rings. The Hall–Kier alpha value is -1.23. The smallest absolute Gasteiger partial charge is 0.401 e. The zero-order valence-electron chi connectivity index (χ0n) is 11.1. The van der Waals surface area contributed by atoms with E-state index in [0.717, 1.165) is 22.4 Å². The van der Waals surface area contributed by atoms with Gasteiger partial charge in [0.2, 0.25) is 0 Å². The fourth-order valence-corrected chi connectivity index (χ4v) is 1.90. The Morgan fingerprint density at radius 3 is 2.28 bits per heavy atom. The summed E-state index contributed by atoms with van der Waals surface area (Å²) in [6.45, 7) is 3.17. The maximum absolute atomic E-state index is 12.2. The molecule has 0 amide bonds. The Morgan fingerprint density at radius 1 is 1.17 bits per heavy atom. The normalized spacial score (nSPS) is 12.0. The zero-order chi connectivity index (χ0) is 13.9. The van der Waals surface area contributed by atoms with Crippen LogP contribution < -0.4 is 4.74 Å². The Bertz CT molecular complexity index is 415. The van der Waals surface area contributed by atoms with E-state index in [-0.39, 0.29) is 6.54 Å². The molecule has 0 aromatic heterocycles. The molecular weight excluding hydrogens is 243 g/mol. The van der Waals surface area contributed by atoms with Crippen LogP contribution in [-0.4, -0.2) is 31.8 Å². The molecule has 0 fully saturated rings. The summed E-state index contributed by atoms with van der Waals surface area (Å²) < 4.78 is 41.9. The van der Waals surface area contributed by atoms with Gasteiger partial charge >= 0.3 is 6.18 Å². The zero-order valence-corrected chi connectivity index (χ0v) is 11.1. The van der Waals surface area contributed by atoms with Gasteiger partial charge in [0.25, 0.3) is 0 Å². The molecule has 1 rings (SSSR count). The van der Waals surface area contributed by atoms with Crippen LogP contribution in [0.1, 0.15) is 16.7 Å². The van der Waals surface area contributed by atoms with Crippen molar-refractivity contribution in [2.45, 2.75) is 26.6 Å². The lowest BCUT2D eigenvalue weighted by Gasteiger charge is -2.20. The third kappa shape index (κ3) is 3.91. The lowest BCUT2D eigenvalue weighted by molar-refractivity contribution is -0.144. The van der Waals surface area contributed by atoms with Gasteiger partial charge in [-0.3, -0.25) is 4.90 Å². The van der Waals surface area contributed by atoms with Gasteiger partial charge in [-0.15, -0.1) is 0 Å². The second-order valence-electron chi connectivity index (χ2n) is 4.46. The van der Waals surface area contributed by atoms with Gasteiger partial charge in [0.15, 0.2) is 0 Å². The molecule has 1 aromatic rings. The monoisotopic (exact) mass is 261 g/mol. The summed E-state index contributed by atoms with van der Waals surface area (Å²) >= 11 is 0. The van der Waals surface area contributed by atoms with Crippen LogP contribution >= 0.6 is 0 Å². The molecule has 0 heterocycles.